The quantitative estimate of drug-likeness (QED) is 0.896. The molecule has 2 nitrogen and oxygen atoms in total. The second kappa shape index (κ2) is 4.84. The Morgan fingerprint density at radius 3 is 2.56 bits per heavy atom. The van der Waals surface area contributed by atoms with Gasteiger partial charge in [0.1, 0.15) is 5.75 Å². The zero-order valence-electron chi connectivity index (χ0n) is 11.0. The van der Waals surface area contributed by atoms with E-state index in [0.29, 0.717) is 30.8 Å². The lowest BCUT2D eigenvalue weighted by Crippen LogP contribution is -2.28. The average molecular weight is 255 g/mol. The molecule has 1 N–H and O–H groups in total. The van der Waals surface area contributed by atoms with Gasteiger partial charge in [-0.05, 0) is 50.1 Å². The summed E-state index contributed by atoms with van der Waals surface area (Å²) in [5, 5.41) is 3.00. The molecule has 0 aliphatic carbocycles. The van der Waals surface area contributed by atoms with Crippen LogP contribution in [0.1, 0.15) is 23.1 Å². The van der Waals surface area contributed by atoms with Crippen molar-refractivity contribution in [3.63, 3.8) is 0 Å². The highest BCUT2D eigenvalue weighted by Crippen LogP contribution is 2.42. The molecule has 0 spiro atoms. The fourth-order valence-corrected chi connectivity index (χ4v) is 2.56. The Labute approximate surface area is 106 Å². The zero-order valence-corrected chi connectivity index (χ0v) is 11.0. The SMILES string of the molecule is COc1ccc(C(F)(F)C2CCNC2)c(C)c1C. The van der Waals surface area contributed by atoms with Crippen molar-refractivity contribution in [2.24, 2.45) is 5.92 Å². The van der Waals surface area contributed by atoms with Crippen LogP contribution < -0.4 is 10.1 Å². The van der Waals surface area contributed by atoms with Crippen molar-refractivity contribution in [3.8, 4) is 5.75 Å². The summed E-state index contributed by atoms with van der Waals surface area (Å²) in [5.74, 6) is -2.72. The van der Waals surface area contributed by atoms with Crippen LogP contribution in [0.5, 0.6) is 5.75 Å². The molecule has 1 fully saturated rings. The summed E-state index contributed by atoms with van der Waals surface area (Å²) in [6.45, 7) is 4.62. The Morgan fingerprint density at radius 2 is 2.00 bits per heavy atom. The number of alkyl halides is 2. The smallest absolute Gasteiger partial charge is 0.277 e. The Hall–Kier alpha value is -1.16. The first kappa shape index (κ1) is 13.3. The summed E-state index contributed by atoms with van der Waals surface area (Å²) >= 11 is 0. The summed E-state index contributed by atoms with van der Waals surface area (Å²) in [6, 6.07) is 3.13. The van der Waals surface area contributed by atoms with E-state index >= 15 is 0 Å². The van der Waals surface area contributed by atoms with Gasteiger partial charge >= 0.3 is 0 Å². The number of benzene rings is 1. The standard InChI is InChI=1S/C14H19F2NO/c1-9-10(2)13(18-3)5-4-12(9)14(15,16)11-6-7-17-8-11/h4-5,11,17H,6-8H2,1-3H3. The van der Waals surface area contributed by atoms with Gasteiger partial charge in [0.05, 0.1) is 7.11 Å². The lowest BCUT2D eigenvalue weighted by molar-refractivity contribution is -0.0581. The molecule has 0 radical (unpaired) electrons. The van der Waals surface area contributed by atoms with E-state index in [9.17, 15) is 8.78 Å². The average Bonchev–Trinajstić information content (AvgIpc) is 2.86. The minimum Gasteiger partial charge on any atom is -0.496 e. The van der Waals surface area contributed by atoms with Crippen LogP contribution in [0, 0.1) is 19.8 Å². The van der Waals surface area contributed by atoms with Crippen molar-refractivity contribution in [1.29, 1.82) is 0 Å². The third-order valence-corrected chi connectivity index (χ3v) is 3.89. The predicted molar refractivity (Wildman–Crippen MR) is 67.3 cm³/mol. The summed E-state index contributed by atoms with van der Waals surface area (Å²) in [5.41, 5.74) is 1.56. The Bertz CT molecular complexity index is 440. The van der Waals surface area contributed by atoms with Crippen LogP contribution in [0.15, 0.2) is 12.1 Å². The van der Waals surface area contributed by atoms with Crippen molar-refractivity contribution in [3.05, 3.63) is 28.8 Å². The van der Waals surface area contributed by atoms with E-state index in [-0.39, 0.29) is 5.56 Å². The Morgan fingerprint density at radius 1 is 1.28 bits per heavy atom. The molecule has 0 amide bonds. The van der Waals surface area contributed by atoms with Crippen LogP contribution in [0.2, 0.25) is 0 Å². The molecule has 2 rings (SSSR count). The maximum absolute atomic E-state index is 14.5. The fraction of sp³-hybridized carbons (Fsp3) is 0.571. The van der Waals surface area contributed by atoms with E-state index < -0.39 is 11.8 Å². The first-order valence-electron chi connectivity index (χ1n) is 6.21. The van der Waals surface area contributed by atoms with Crippen molar-refractivity contribution < 1.29 is 13.5 Å². The van der Waals surface area contributed by atoms with Crippen molar-refractivity contribution in [1.82, 2.24) is 5.32 Å². The highest BCUT2D eigenvalue weighted by atomic mass is 19.3. The lowest BCUT2D eigenvalue weighted by atomic mass is 9.89. The number of ether oxygens (including phenoxy) is 1. The summed E-state index contributed by atoms with van der Waals surface area (Å²) < 4.78 is 34.1. The molecule has 1 aliphatic rings. The van der Waals surface area contributed by atoms with Gasteiger partial charge in [0.2, 0.25) is 0 Å². The molecule has 1 aromatic carbocycles. The lowest BCUT2D eigenvalue weighted by Gasteiger charge is -2.25. The normalized spacial score (nSPS) is 20.2. The third kappa shape index (κ3) is 2.09. The van der Waals surface area contributed by atoms with Crippen LogP contribution in [-0.4, -0.2) is 20.2 Å². The van der Waals surface area contributed by atoms with Crippen molar-refractivity contribution >= 4 is 0 Å². The highest BCUT2D eigenvalue weighted by Gasteiger charge is 2.43. The van der Waals surface area contributed by atoms with Gasteiger partial charge in [0.25, 0.3) is 5.92 Å². The van der Waals surface area contributed by atoms with Gasteiger partial charge in [-0.25, -0.2) is 8.78 Å². The number of hydrogen-bond donors (Lipinski definition) is 1. The predicted octanol–water partition coefficient (Wildman–Crippen LogP) is 3.01. The van der Waals surface area contributed by atoms with Gasteiger partial charge < -0.3 is 10.1 Å². The topological polar surface area (TPSA) is 21.3 Å². The van der Waals surface area contributed by atoms with Crippen LogP contribution in [-0.2, 0) is 5.92 Å². The minimum absolute atomic E-state index is 0.134. The van der Waals surface area contributed by atoms with Gasteiger partial charge in [-0.3, -0.25) is 0 Å². The van der Waals surface area contributed by atoms with Crippen LogP contribution in [0.25, 0.3) is 0 Å². The van der Waals surface area contributed by atoms with Crippen molar-refractivity contribution in [2.45, 2.75) is 26.2 Å². The van der Waals surface area contributed by atoms with E-state index in [1.807, 2.05) is 6.92 Å². The van der Waals surface area contributed by atoms with Crippen molar-refractivity contribution in [2.75, 3.05) is 20.2 Å². The number of halogens is 2. The maximum atomic E-state index is 14.5. The second-order valence-corrected chi connectivity index (χ2v) is 4.88. The molecule has 1 unspecified atom stereocenters. The van der Waals surface area contributed by atoms with E-state index in [2.05, 4.69) is 5.32 Å². The fourth-order valence-electron chi connectivity index (χ4n) is 2.56. The molecule has 1 aliphatic heterocycles. The van der Waals surface area contributed by atoms with Gasteiger partial charge in [0, 0.05) is 18.0 Å². The van der Waals surface area contributed by atoms with Crippen LogP contribution >= 0.6 is 0 Å². The zero-order chi connectivity index (χ0) is 13.3. The van der Waals surface area contributed by atoms with Gasteiger partial charge in [-0.1, -0.05) is 0 Å². The van der Waals surface area contributed by atoms with E-state index in [0.717, 1.165) is 5.56 Å². The van der Waals surface area contributed by atoms with Crippen LogP contribution in [0.3, 0.4) is 0 Å². The summed E-state index contributed by atoms with van der Waals surface area (Å²) in [7, 11) is 1.56. The third-order valence-electron chi connectivity index (χ3n) is 3.89. The number of nitrogens with one attached hydrogen (secondary N) is 1. The molecule has 100 valence electrons. The largest absolute Gasteiger partial charge is 0.496 e. The molecular formula is C14H19F2NO. The molecule has 4 heteroatoms. The molecule has 18 heavy (non-hydrogen) atoms. The first-order valence-corrected chi connectivity index (χ1v) is 6.21. The van der Waals surface area contributed by atoms with Gasteiger partial charge in [-0.2, -0.15) is 0 Å². The number of rotatable bonds is 3. The maximum Gasteiger partial charge on any atom is 0.277 e. The summed E-state index contributed by atoms with van der Waals surface area (Å²) in [4.78, 5) is 0. The Kier molecular flexibility index (Phi) is 3.57. The summed E-state index contributed by atoms with van der Waals surface area (Å²) in [6.07, 6.45) is 0.525. The molecule has 0 saturated carbocycles. The van der Waals surface area contributed by atoms with E-state index in [1.165, 1.54) is 6.07 Å². The van der Waals surface area contributed by atoms with Crippen LogP contribution in [0.4, 0.5) is 8.78 Å². The van der Waals surface area contributed by atoms with Gasteiger partial charge in [-0.15, -0.1) is 0 Å². The molecular weight excluding hydrogens is 236 g/mol. The first-order chi connectivity index (χ1) is 8.48. The second-order valence-electron chi connectivity index (χ2n) is 4.88. The van der Waals surface area contributed by atoms with E-state index in [1.54, 1.807) is 20.1 Å². The molecule has 0 aromatic heterocycles. The molecule has 1 aromatic rings. The highest BCUT2D eigenvalue weighted by molar-refractivity contribution is 5.45. The number of methoxy groups -OCH3 is 1. The Balaban J connectivity index is 2.41. The molecule has 1 saturated heterocycles. The molecule has 1 heterocycles. The monoisotopic (exact) mass is 255 g/mol. The molecule has 1 atom stereocenters. The number of hydrogen-bond acceptors (Lipinski definition) is 2. The minimum atomic E-state index is -2.77. The van der Waals surface area contributed by atoms with E-state index in [4.69, 9.17) is 4.74 Å². The van der Waals surface area contributed by atoms with Gasteiger partial charge in [0.15, 0.2) is 0 Å². The molecule has 0 bridgehead atoms.